The summed E-state index contributed by atoms with van der Waals surface area (Å²) in [5.41, 5.74) is 7.73. The van der Waals surface area contributed by atoms with E-state index in [1.165, 1.54) is 0 Å². The maximum absolute atomic E-state index is 6.22. The van der Waals surface area contributed by atoms with Crippen LogP contribution in [-0.4, -0.2) is 9.97 Å². The van der Waals surface area contributed by atoms with Gasteiger partial charge in [0.1, 0.15) is 5.82 Å². The maximum atomic E-state index is 6.22. The van der Waals surface area contributed by atoms with Crippen LogP contribution in [0.5, 0.6) is 0 Å². The van der Waals surface area contributed by atoms with Gasteiger partial charge in [-0.1, -0.05) is 27.5 Å². The van der Waals surface area contributed by atoms with Crippen LogP contribution in [-0.2, 0) is 0 Å². The molecule has 1 aliphatic rings. The van der Waals surface area contributed by atoms with Crippen molar-refractivity contribution in [2.24, 2.45) is 0 Å². The number of benzene rings is 1. The van der Waals surface area contributed by atoms with E-state index in [0.29, 0.717) is 22.6 Å². The minimum Gasteiger partial charge on any atom is -0.383 e. The van der Waals surface area contributed by atoms with E-state index < -0.39 is 0 Å². The number of halogens is 3. The third-order valence-electron chi connectivity index (χ3n) is 3.04. The summed E-state index contributed by atoms with van der Waals surface area (Å²) in [6, 6.07) is 5.61. The molecule has 0 spiro atoms. The van der Waals surface area contributed by atoms with E-state index in [1.807, 2.05) is 18.2 Å². The molecule has 19 heavy (non-hydrogen) atoms. The van der Waals surface area contributed by atoms with Gasteiger partial charge in [-0.25, -0.2) is 9.97 Å². The summed E-state index contributed by atoms with van der Waals surface area (Å²) in [7, 11) is 0. The predicted octanol–water partition coefficient (Wildman–Crippen LogP) is 4.78. The molecule has 0 saturated heterocycles. The number of aromatic nitrogens is 2. The van der Waals surface area contributed by atoms with Crippen molar-refractivity contribution in [3.63, 3.8) is 0 Å². The molecular formula is C13H10Br2ClN3. The number of hydrogen-bond donors (Lipinski definition) is 1. The van der Waals surface area contributed by atoms with Gasteiger partial charge in [-0.05, 0) is 47.0 Å². The highest BCUT2D eigenvalue weighted by atomic mass is 79.9. The van der Waals surface area contributed by atoms with Gasteiger partial charge in [0.15, 0.2) is 5.82 Å². The fourth-order valence-corrected chi connectivity index (χ4v) is 2.96. The molecule has 0 aliphatic heterocycles. The molecule has 0 atom stereocenters. The first-order valence-corrected chi connectivity index (χ1v) is 7.81. The first-order chi connectivity index (χ1) is 9.06. The largest absolute Gasteiger partial charge is 0.383 e. The third kappa shape index (κ3) is 2.64. The van der Waals surface area contributed by atoms with E-state index in [2.05, 4.69) is 41.8 Å². The lowest BCUT2D eigenvalue weighted by Gasteiger charge is -2.09. The Kier molecular flexibility index (Phi) is 3.53. The van der Waals surface area contributed by atoms with Crippen LogP contribution < -0.4 is 5.73 Å². The van der Waals surface area contributed by atoms with Gasteiger partial charge < -0.3 is 5.73 Å². The monoisotopic (exact) mass is 401 g/mol. The Morgan fingerprint density at radius 1 is 1.21 bits per heavy atom. The van der Waals surface area contributed by atoms with Gasteiger partial charge in [-0.2, -0.15) is 0 Å². The van der Waals surface area contributed by atoms with Gasteiger partial charge in [0.05, 0.1) is 15.2 Å². The molecule has 1 saturated carbocycles. The minimum atomic E-state index is 0.461. The van der Waals surface area contributed by atoms with E-state index in [1.54, 1.807) is 0 Å². The van der Waals surface area contributed by atoms with Gasteiger partial charge in [-0.15, -0.1) is 0 Å². The van der Waals surface area contributed by atoms with Gasteiger partial charge in [0.25, 0.3) is 0 Å². The van der Waals surface area contributed by atoms with Gasteiger partial charge in [0, 0.05) is 16.0 Å². The molecule has 1 aromatic carbocycles. The normalized spacial score (nSPS) is 14.7. The molecule has 2 aromatic rings. The molecule has 0 unspecified atom stereocenters. The summed E-state index contributed by atoms with van der Waals surface area (Å²) in [5.74, 6) is 1.53. The number of nitrogen functional groups attached to an aromatic ring is 1. The summed E-state index contributed by atoms with van der Waals surface area (Å²) in [6.45, 7) is 0. The zero-order valence-corrected chi connectivity index (χ0v) is 13.8. The molecule has 1 fully saturated rings. The zero-order valence-electron chi connectivity index (χ0n) is 9.83. The fraction of sp³-hybridized carbons (Fsp3) is 0.231. The lowest BCUT2D eigenvalue weighted by molar-refractivity contribution is 0.984. The Hall–Kier alpha value is -0.650. The topological polar surface area (TPSA) is 51.8 Å². The zero-order chi connectivity index (χ0) is 13.6. The van der Waals surface area contributed by atoms with Crippen LogP contribution >= 0.6 is 43.5 Å². The second-order valence-corrected chi connectivity index (χ2v) is 6.65. The van der Waals surface area contributed by atoms with Crippen molar-refractivity contribution >= 4 is 49.3 Å². The first kappa shape index (κ1) is 13.3. The molecule has 3 rings (SSSR count). The smallest absolute Gasteiger partial charge is 0.163 e. The summed E-state index contributed by atoms with van der Waals surface area (Å²) >= 11 is 13.1. The number of nitrogens with zero attached hydrogens (tertiary/aromatic N) is 2. The number of rotatable bonds is 2. The quantitative estimate of drug-likeness (QED) is 0.785. The average molecular weight is 404 g/mol. The predicted molar refractivity (Wildman–Crippen MR) is 84.3 cm³/mol. The van der Waals surface area contributed by atoms with Crippen molar-refractivity contribution in [2.75, 3.05) is 5.73 Å². The molecule has 1 aromatic heterocycles. The van der Waals surface area contributed by atoms with Crippen LogP contribution in [0.25, 0.3) is 11.4 Å². The van der Waals surface area contributed by atoms with Crippen LogP contribution in [0.15, 0.2) is 27.1 Å². The average Bonchev–Trinajstić information content (AvgIpc) is 3.20. The van der Waals surface area contributed by atoms with Crippen molar-refractivity contribution in [1.29, 1.82) is 0 Å². The summed E-state index contributed by atoms with van der Waals surface area (Å²) in [6.07, 6.45) is 2.31. The van der Waals surface area contributed by atoms with E-state index in [9.17, 15) is 0 Å². The van der Waals surface area contributed by atoms with Crippen molar-refractivity contribution in [3.05, 3.63) is 37.9 Å². The van der Waals surface area contributed by atoms with Crippen LogP contribution in [0, 0.1) is 0 Å². The van der Waals surface area contributed by atoms with Crippen molar-refractivity contribution in [3.8, 4) is 11.4 Å². The van der Waals surface area contributed by atoms with Crippen molar-refractivity contribution in [1.82, 2.24) is 9.97 Å². The molecule has 0 bridgehead atoms. The first-order valence-electron chi connectivity index (χ1n) is 5.84. The molecule has 1 heterocycles. The van der Waals surface area contributed by atoms with Crippen molar-refractivity contribution in [2.45, 2.75) is 18.8 Å². The summed E-state index contributed by atoms with van der Waals surface area (Å²) in [4.78, 5) is 8.95. The lowest BCUT2D eigenvalue weighted by Crippen LogP contribution is -2.02. The van der Waals surface area contributed by atoms with E-state index in [-0.39, 0.29) is 0 Å². The van der Waals surface area contributed by atoms with Gasteiger partial charge in [0.2, 0.25) is 0 Å². The van der Waals surface area contributed by atoms with Crippen LogP contribution in [0.2, 0.25) is 5.02 Å². The van der Waals surface area contributed by atoms with Crippen LogP contribution in [0.3, 0.4) is 0 Å². The molecule has 3 nitrogen and oxygen atoms in total. The Bertz CT molecular complexity index is 657. The maximum Gasteiger partial charge on any atom is 0.163 e. The molecule has 98 valence electrons. The molecule has 0 radical (unpaired) electrons. The Morgan fingerprint density at radius 2 is 1.95 bits per heavy atom. The number of anilines is 1. The molecule has 6 heteroatoms. The lowest BCUT2D eigenvalue weighted by atomic mass is 10.2. The molecule has 1 aliphatic carbocycles. The molecule has 0 amide bonds. The molecular weight excluding hydrogens is 393 g/mol. The highest BCUT2D eigenvalue weighted by Gasteiger charge is 2.29. The highest BCUT2D eigenvalue weighted by molar-refractivity contribution is 9.11. The standard InChI is InChI=1S/C13H10Br2ClN3/c14-7-3-4-9(16)8(5-7)13-18-11(6-1-2-6)10(15)12(17)19-13/h3-6H,1-2H2,(H2,17,18,19). The highest BCUT2D eigenvalue weighted by Crippen LogP contribution is 2.44. The Labute approximate surface area is 132 Å². The number of hydrogen-bond acceptors (Lipinski definition) is 3. The fourth-order valence-electron chi connectivity index (χ4n) is 1.90. The minimum absolute atomic E-state index is 0.461. The second-order valence-electron chi connectivity index (χ2n) is 4.53. The van der Waals surface area contributed by atoms with E-state index in [4.69, 9.17) is 17.3 Å². The Morgan fingerprint density at radius 3 is 2.63 bits per heavy atom. The van der Waals surface area contributed by atoms with Gasteiger partial charge in [-0.3, -0.25) is 0 Å². The summed E-state index contributed by atoms with van der Waals surface area (Å²) < 4.78 is 1.75. The summed E-state index contributed by atoms with van der Waals surface area (Å²) in [5, 5.41) is 0.617. The van der Waals surface area contributed by atoms with Crippen molar-refractivity contribution < 1.29 is 0 Å². The second kappa shape index (κ2) is 5.04. The third-order valence-corrected chi connectivity index (χ3v) is 4.67. The number of nitrogens with two attached hydrogens (primary N) is 1. The van der Waals surface area contributed by atoms with E-state index >= 15 is 0 Å². The van der Waals surface area contributed by atoms with Crippen LogP contribution in [0.1, 0.15) is 24.5 Å². The van der Waals surface area contributed by atoms with Gasteiger partial charge >= 0.3 is 0 Å². The Balaban J connectivity index is 2.17. The molecule has 2 N–H and O–H groups in total. The van der Waals surface area contributed by atoms with Crippen LogP contribution in [0.4, 0.5) is 5.82 Å². The van der Waals surface area contributed by atoms with E-state index in [0.717, 1.165) is 33.0 Å². The SMILES string of the molecule is Nc1nc(-c2cc(Br)ccc2Cl)nc(C2CC2)c1Br.